The first-order chi connectivity index (χ1) is 10.2. The molecule has 1 heterocycles. The topological polar surface area (TPSA) is 52.3 Å². The summed E-state index contributed by atoms with van der Waals surface area (Å²) >= 11 is 1.19. The Hall–Kier alpha value is -2.40. The zero-order chi connectivity index (χ0) is 14.8. The molecule has 1 amide bonds. The van der Waals surface area contributed by atoms with Crippen molar-refractivity contribution in [2.75, 3.05) is 0 Å². The lowest BCUT2D eigenvalue weighted by Crippen LogP contribution is -2.12. The molecular formula is C16H12FNO2S. The molecule has 0 fully saturated rings. The molecule has 0 saturated carbocycles. The summed E-state index contributed by atoms with van der Waals surface area (Å²) in [6.45, 7) is 0.100. The van der Waals surface area contributed by atoms with Gasteiger partial charge in [-0.05, 0) is 24.3 Å². The van der Waals surface area contributed by atoms with E-state index in [-0.39, 0.29) is 12.4 Å². The average molecular weight is 301 g/mol. The minimum Gasteiger partial charge on any atom is -0.489 e. The number of para-hydroxylation sites is 1. The van der Waals surface area contributed by atoms with E-state index in [1.54, 1.807) is 24.3 Å². The summed E-state index contributed by atoms with van der Waals surface area (Å²) in [6, 6.07) is 13.9. The maximum absolute atomic E-state index is 14.0. The Morgan fingerprint density at radius 1 is 1.14 bits per heavy atom. The van der Waals surface area contributed by atoms with Crippen LogP contribution in [-0.4, -0.2) is 5.91 Å². The molecule has 0 saturated heterocycles. The SMILES string of the molecule is NC(=O)c1sc2cccc(F)c2c1COc1ccccc1. The number of primary amides is 1. The van der Waals surface area contributed by atoms with Crippen LogP contribution in [0.3, 0.4) is 0 Å². The third kappa shape index (κ3) is 2.60. The molecule has 0 radical (unpaired) electrons. The first-order valence-corrected chi connectivity index (χ1v) is 7.16. The van der Waals surface area contributed by atoms with Crippen LogP contribution in [0.15, 0.2) is 48.5 Å². The Morgan fingerprint density at radius 3 is 2.62 bits per heavy atom. The standard InChI is InChI=1S/C16H12FNO2S/c17-12-7-4-8-13-14(12)11(15(21-13)16(18)19)9-20-10-5-2-1-3-6-10/h1-8H,9H2,(H2,18,19). The molecule has 3 rings (SSSR count). The molecule has 3 aromatic rings. The summed E-state index contributed by atoms with van der Waals surface area (Å²) in [6.07, 6.45) is 0. The predicted octanol–water partition coefficient (Wildman–Crippen LogP) is 3.72. The molecule has 21 heavy (non-hydrogen) atoms. The number of benzene rings is 2. The lowest BCUT2D eigenvalue weighted by Gasteiger charge is -2.07. The minimum atomic E-state index is -0.567. The van der Waals surface area contributed by atoms with Crippen molar-refractivity contribution >= 4 is 27.3 Å². The van der Waals surface area contributed by atoms with Gasteiger partial charge in [0.2, 0.25) is 0 Å². The molecular weight excluding hydrogens is 289 g/mol. The van der Waals surface area contributed by atoms with Crippen LogP contribution in [-0.2, 0) is 6.61 Å². The predicted molar refractivity (Wildman–Crippen MR) is 81.1 cm³/mol. The largest absolute Gasteiger partial charge is 0.489 e. The van der Waals surface area contributed by atoms with Crippen molar-refractivity contribution in [2.45, 2.75) is 6.61 Å². The molecule has 0 aliphatic carbocycles. The zero-order valence-corrected chi connectivity index (χ0v) is 11.8. The lowest BCUT2D eigenvalue weighted by molar-refractivity contribution is 0.100. The number of carbonyl (C=O) groups excluding carboxylic acids is 1. The Balaban J connectivity index is 2.03. The second-order valence-corrected chi connectivity index (χ2v) is 5.54. The highest BCUT2D eigenvalue weighted by Gasteiger charge is 2.19. The Bertz CT molecular complexity index is 799. The van der Waals surface area contributed by atoms with Crippen LogP contribution < -0.4 is 10.5 Å². The Labute approximate surface area is 124 Å². The Morgan fingerprint density at radius 2 is 1.90 bits per heavy atom. The molecule has 2 N–H and O–H groups in total. The maximum atomic E-state index is 14.0. The van der Waals surface area contributed by atoms with Gasteiger partial charge < -0.3 is 10.5 Å². The van der Waals surface area contributed by atoms with Crippen LogP contribution in [0.1, 0.15) is 15.2 Å². The van der Waals surface area contributed by atoms with Crippen LogP contribution in [0, 0.1) is 5.82 Å². The molecule has 3 nitrogen and oxygen atoms in total. The number of hydrogen-bond donors (Lipinski definition) is 1. The Kier molecular flexibility index (Phi) is 3.58. The van der Waals surface area contributed by atoms with Gasteiger partial charge in [0.05, 0.1) is 4.88 Å². The van der Waals surface area contributed by atoms with Crippen molar-refractivity contribution in [3.05, 3.63) is 64.8 Å². The monoisotopic (exact) mass is 301 g/mol. The average Bonchev–Trinajstić information content (AvgIpc) is 2.86. The molecule has 0 aliphatic rings. The fraction of sp³-hybridized carbons (Fsp3) is 0.0625. The van der Waals surface area contributed by atoms with E-state index in [0.717, 1.165) is 0 Å². The highest BCUT2D eigenvalue weighted by molar-refractivity contribution is 7.21. The molecule has 1 aromatic heterocycles. The summed E-state index contributed by atoms with van der Waals surface area (Å²) in [5.74, 6) is -0.284. The van der Waals surface area contributed by atoms with Gasteiger partial charge in [0, 0.05) is 15.6 Å². The summed E-state index contributed by atoms with van der Waals surface area (Å²) in [4.78, 5) is 11.9. The molecule has 0 spiro atoms. The van der Waals surface area contributed by atoms with Gasteiger partial charge in [-0.2, -0.15) is 0 Å². The highest BCUT2D eigenvalue weighted by Crippen LogP contribution is 2.33. The van der Waals surface area contributed by atoms with Gasteiger partial charge >= 0.3 is 0 Å². The number of amides is 1. The number of fused-ring (bicyclic) bond motifs is 1. The van der Waals surface area contributed by atoms with Gasteiger partial charge in [-0.3, -0.25) is 4.79 Å². The van der Waals surface area contributed by atoms with Crippen LogP contribution in [0.5, 0.6) is 5.75 Å². The third-order valence-electron chi connectivity index (χ3n) is 3.11. The lowest BCUT2D eigenvalue weighted by atomic mass is 10.1. The molecule has 0 atom stereocenters. The van der Waals surface area contributed by atoms with Gasteiger partial charge in [-0.25, -0.2) is 4.39 Å². The first kappa shape index (κ1) is 13.6. The fourth-order valence-corrected chi connectivity index (χ4v) is 3.25. The zero-order valence-electron chi connectivity index (χ0n) is 11.0. The molecule has 2 aromatic carbocycles. The number of hydrogen-bond acceptors (Lipinski definition) is 3. The van der Waals surface area contributed by atoms with E-state index in [9.17, 15) is 9.18 Å². The molecule has 0 bridgehead atoms. The van der Waals surface area contributed by atoms with Crippen LogP contribution in [0.4, 0.5) is 4.39 Å². The van der Waals surface area contributed by atoms with Crippen LogP contribution in [0.2, 0.25) is 0 Å². The van der Waals surface area contributed by atoms with Crippen LogP contribution >= 0.6 is 11.3 Å². The van der Waals surface area contributed by atoms with Gasteiger partial charge in [0.25, 0.3) is 5.91 Å². The molecule has 0 aliphatic heterocycles. The number of carbonyl (C=O) groups is 1. The second kappa shape index (κ2) is 5.54. The van der Waals surface area contributed by atoms with E-state index < -0.39 is 5.91 Å². The number of thiophene rings is 1. The molecule has 0 unspecified atom stereocenters. The maximum Gasteiger partial charge on any atom is 0.259 e. The third-order valence-corrected chi connectivity index (χ3v) is 4.33. The van der Waals surface area contributed by atoms with E-state index in [1.807, 2.05) is 18.2 Å². The van der Waals surface area contributed by atoms with Crippen molar-refractivity contribution in [2.24, 2.45) is 5.73 Å². The van der Waals surface area contributed by atoms with Gasteiger partial charge in [0.15, 0.2) is 0 Å². The first-order valence-electron chi connectivity index (χ1n) is 6.34. The van der Waals surface area contributed by atoms with Crippen LogP contribution in [0.25, 0.3) is 10.1 Å². The van der Waals surface area contributed by atoms with Gasteiger partial charge in [-0.15, -0.1) is 11.3 Å². The van der Waals surface area contributed by atoms with Crippen molar-refractivity contribution in [3.8, 4) is 5.75 Å². The van der Waals surface area contributed by atoms with E-state index in [0.29, 0.717) is 26.3 Å². The normalized spacial score (nSPS) is 10.7. The van der Waals surface area contributed by atoms with E-state index in [1.165, 1.54) is 17.4 Å². The van der Waals surface area contributed by atoms with Crippen molar-refractivity contribution in [1.29, 1.82) is 0 Å². The minimum absolute atomic E-state index is 0.100. The number of ether oxygens (including phenoxy) is 1. The quantitative estimate of drug-likeness (QED) is 0.798. The number of nitrogens with two attached hydrogens (primary N) is 1. The molecule has 106 valence electrons. The van der Waals surface area contributed by atoms with Crippen molar-refractivity contribution in [3.63, 3.8) is 0 Å². The smallest absolute Gasteiger partial charge is 0.259 e. The van der Waals surface area contributed by atoms with E-state index >= 15 is 0 Å². The number of halogens is 1. The van der Waals surface area contributed by atoms with Gasteiger partial charge in [-0.1, -0.05) is 24.3 Å². The summed E-state index contributed by atoms with van der Waals surface area (Å²) in [5.41, 5.74) is 5.90. The summed E-state index contributed by atoms with van der Waals surface area (Å²) in [5, 5.41) is 0.409. The van der Waals surface area contributed by atoms with E-state index in [2.05, 4.69) is 0 Å². The highest BCUT2D eigenvalue weighted by atomic mass is 32.1. The summed E-state index contributed by atoms with van der Waals surface area (Å²) in [7, 11) is 0. The number of rotatable bonds is 4. The summed E-state index contributed by atoms with van der Waals surface area (Å²) < 4.78 is 20.4. The van der Waals surface area contributed by atoms with E-state index in [4.69, 9.17) is 10.5 Å². The van der Waals surface area contributed by atoms with Crippen molar-refractivity contribution in [1.82, 2.24) is 0 Å². The molecule has 5 heteroatoms. The fourth-order valence-electron chi connectivity index (χ4n) is 2.18. The second-order valence-electron chi connectivity index (χ2n) is 4.49. The van der Waals surface area contributed by atoms with Crippen molar-refractivity contribution < 1.29 is 13.9 Å². The van der Waals surface area contributed by atoms with Gasteiger partial charge in [0.1, 0.15) is 18.2 Å².